The summed E-state index contributed by atoms with van der Waals surface area (Å²) in [7, 11) is 0. The number of halogens is 3. The predicted octanol–water partition coefficient (Wildman–Crippen LogP) is 5.30. The number of benzene rings is 2. The van der Waals surface area contributed by atoms with Gasteiger partial charge in [-0.3, -0.25) is 4.79 Å². The molecule has 0 saturated heterocycles. The second-order valence-electron chi connectivity index (χ2n) is 6.39. The first-order valence-electron chi connectivity index (χ1n) is 8.45. The fraction of sp³-hybridized carbons (Fsp3) is 0.300. The SMILES string of the molecule is CC1CCN(C(=O)c2cccc(CC#N)c2)c2cc(C(F)(F)F)ccc2S1. The molecule has 2 aromatic carbocycles. The minimum absolute atomic E-state index is 0.169. The highest BCUT2D eigenvalue weighted by Gasteiger charge is 2.33. The van der Waals surface area contributed by atoms with Gasteiger partial charge in [-0.1, -0.05) is 19.1 Å². The molecule has 1 amide bonds. The Hall–Kier alpha value is -2.46. The van der Waals surface area contributed by atoms with E-state index in [2.05, 4.69) is 0 Å². The Morgan fingerprint density at radius 2 is 2.07 bits per heavy atom. The molecule has 1 heterocycles. The van der Waals surface area contributed by atoms with Crippen molar-refractivity contribution in [2.45, 2.75) is 36.1 Å². The Labute approximate surface area is 159 Å². The molecule has 7 heteroatoms. The van der Waals surface area contributed by atoms with Crippen LogP contribution in [0.1, 0.15) is 34.8 Å². The van der Waals surface area contributed by atoms with Crippen molar-refractivity contribution in [3.8, 4) is 6.07 Å². The summed E-state index contributed by atoms with van der Waals surface area (Å²) in [5.41, 5.74) is 0.582. The smallest absolute Gasteiger partial charge is 0.307 e. The molecule has 0 aromatic heterocycles. The van der Waals surface area contributed by atoms with Crippen LogP contribution in [-0.4, -0.2) is 17.7 Å². The molecule has 0 aliphatic carbocycles. The van der Waals surface area contributed by atoms with Gasteiger partial charge in [0.1, 0.15) is 0 Å². The molecule has 1 unspecified atom stereocenters. The van der Waals surface area contributed by atoms with E-state index in [0.717, 1.165) is 12.1 Å². The van der Waals surface area contributed by atoms with Crippen LogP contribution in [-0.2, 0) is 12.6 Å². The van der Waals surface area contributed by atoms with E-state index in [-0.39, 0.29) is 23.3 Å². The number of alkyl halides is 3. The van der Waals surface area contributed by atoms with Gasteiger partial charge in [-0.05, 0) is 42.3 Å². The summed E-state index contributed by atoms with van der Waals surface area (Å²) >= 11 is 1.48. The fourth-order valence-electron chi connectivity index (χ4n) is 2.98. The average molecular weight is 390 g/mol. The zero-order chi connectivity index (χ0) is 19.6. The van der Waals surface area contributed by atoms with Gasteiger partial charge in [-0.25, -0.2) is 0 Å². The van der Waals surface area contributed by atoms with Gasteiger partial charge in [0.2, 0.25) is 0 Å². The summed E-state index contributed by atoms with van der Waals surface area (Å²) in [6.07, 6.45) is -3.63. The number of carbonyl (C=O) groups excluding carboxylic acids is 1. The molecule has 0 radical (unpaired) electrons. The summed E-state index contributed by atoms with van der Waals surface area (Å²) in [6.45, 7) is 2.33. The number of nitriles is 1. The van der Waals surface area contributed by atoms with Crippen molar-refractivity contribution >= 4 is 23.4 Å². The highest BCUT2D eigenvalue weighted by molar-refractivity contribution is 8.00. The number of carbonyl (C=O) groups is 1. The normalized spacial score (nSPS) is 17.0. The van der Waals surface area contributed by atoms with E-state index in [0.29, 0.717) is 29.0 Å². The maximum Gasteiger partial charge on any atom is 0.416 e. The largest absolute Gasteiger partial charge is 0.416 e. The van der Waals surface area contributed by atoms with Gasteiger partial charge >= 0.3 is 6.18 Å². The lowest BCUT2D eigenvalue weighted by Gasteiger charge is -2.24. The summed E-state index contributed by atoms with van der Waals surface area (Å²) in [6, 6.07) is 12.3. The lowest BCUT2D eigenvalue weighted by Crippen LogP contribution is -2.32. The number of amides is 1. The number of hydrogen-bond acceptors (Lipinski definition) is 3. The highest BCUT2D eigenvalue weighted by atomic mass is 32.2. The number of thioether (sulfide) groups is 1. The lowest BCUT2D eigenvalue weighted by atomic mass is 10.1. The van der Waals surface area contributed by atoms with E-state index in [1.54, 1.807) is 24.3 Å². The second-order valence-corrected chi connectivity index (χ2v) is 7.87. The molecule has 1 aliphatic heterocycles. The highest BCUT2D eigenvalue weighted by Crippen LogP contribution is 2.41. The third-order valence-corrected chi connectivity index (χ3v) is 5.60. The monoisotopic (exact) mass is 390 g/mol. The van der Waals surface area contributed by atoms with Crippen molar-refractivity contribution in [1.82, 2.24) is 0 Å². The second kappa shape index (κ2) is 7.65. The summed E-state index contributed by atoms with van der Waals surface area (Å²) in [4.78, 5) is 15.2. The molecular weight excluding hydrogens is 373 g/mol. The molecular formula is C20H17F3N2OS. The number of anilines is 1. The summed E-state index contributed by atoms with van der Waals surface area (Å²) < 4.78 is 39.6. The van der Waals surface area contributed by atoms with Gasteiger partial charge in [0, 0.05) is 22.3 Å². The van der Waals surface area contributed by atoms with E-state index in [1.807, 2.05) is 13.0 Å². The molecule has 1 aliphatic rings. The molecule has 3 nitrogen and oxygen atoms in total. The zero-order valence-corrected chi connectivity index (χ0v) is 15.4. The minimum atomic E-state index is -4.47. The van der Waals surface area contributed by atoms with Crippen molar-refractivity contribution in [1.29, 1.82) is 5.26 Å². The Kier molecular flexibility index (Phi) is 5.47. The molecule has 3 rings (SSSR count). The molecule has 0 N–H and O–H groups in total. The average Bonchev–Trinajstić information content (AvgIpc) is 2.78. The van der Waals surface area contributed by atoms with Crippen LogP contribution >= 0.6 is 11.8 Å². The number of rotatable bonds is 2. The first-order valence-corrected chi connectivity index (χ1v) is 9.33. The van der Waals surface area contributed by atoms with Crippen molar-refractivity contribution in [3.63, 3.8) is 0 Å². The minimum Gasteiger partial charge on any atom is -0.307 e. The van der Waals surface area contributed by atoms with Crippen LogP contribution in [0.4, 0.5) is 18.9 Å². The van der Waals surface area contributed by atoms with Crippen LogP contribution in [0.15, 0.2) is 47.4 Å². The van der Waals surface area contributed by atoms with E-state index in [4.69, 9.17) is 5.26 Å². The summed E-state index contributed by atoms with van der Waals surface area (Å²) in [5.74, 6) is -0.356. The van der Waals surface area contributed by atoms with Crippen LogP contribution in [0.3, 0.4) is 0 Å². The van der Waals surface area contributed by atoms with Crippen molar-refractivity contribution < 1.29 is 18.0 Å². The Bertz CT molecular complexity index is 905. The number of hydrogen-bond donors (Lipinski definition) is 0. The Morgan fingerprint density at radius 3 is 2.78 bits per heavy atom. The van der Waals surface area contributed by atoms with Crippen molar-refractivity contribution in [3.05, 3.63) is 59.2 Å². The van der Waals surface area contributed by atoms with E-state index in [1.165, 1.54) is 22.7 Å². The molecule has 140 valence electrons. The Morgan fingerprint density at radius 1 is 1.30 bits per heavy atom. The van der Waals surface area contributed by atoms with Crippen LogP contribution in [0.5, 0.6) is 0 Å². The molecule has 0 bridgehead atoms. The topological polar surface area (TPSA) is 44.1 Å². The van der Waals surface area contributed by atoms with Gasteiger partial charge in [0.25, 0.3) is 5.91 Å². The number of fused-ring (bicyclic) bond motifs is 1. The third-order valence-electron chi connectivity index (χ3n) is 4.37. The Balaban J connectivity index is 2.04. The molecule has 0 fully saturated rings. The maximum absolute atomic E-state index is 13.2. The van der Waals surface area contributed by atoms with Gasteiger partial charge in [-0.15, -0.1) is 11.8 Å². The van der Waals surface area contributed by atoms with Crippen LogP contribution in [0, 0.1) is 11.3 Å². The van der Waals surface area contributed by atoms with Crippen LogP contribution in [0.2, 0.25) is 0 Å². The fourth-order valence-corrected chi connectivity index (χ4v) is 4.08. The molecule has 2 aromatic rings. The van der Waals surface area contributed by atoms with Crippen LogP contribution in [0.25, 0.3) is 0 Å². The van der Waals surface area contributed by atoms with E-state index in [9.17, 15) is 18.0 Å². The van der Waals surface area contributed by atoms with Gasteiger partial charge in [0.05, 0.1) is 23.7 Å². The van der Waals surface area contributed by atoms with Crippen molar-refractivity contribution in [2.24, 2.45) is 0 Å². The predicted molar refractivity (Wildman–Crippen MR) is 98.8 cm³/mol. The summed E-state index contributed by atoms with van der Waals surface area (Å²) in [5, 5.41) is 9.03. The first-order chi connectivity index (χ1) is 12.8. The quantitative estimate of drug-likeness (QED) is 0.699. The molecule has 1 atom stereocenters. The third kappa shape index (κ3) is 4.28. The van der Waals surface area contributed by atoms with E-state index < -0.39 is 11.7 Å². The lowest BCUT2D eigenvalue weighted by molar-refractivity contribution is -0.137. The van der Waals surface area contributed by atoms with Crippen LogP contribution < -0.4 is 4.90 Å². The van der Waals surface area contributed by atoms with Gasteiger partial charge in [-0.2, -0.15) is 18.4 Å². The number of nitrogens with zero attached hydrogens (tertiary/aromatic N) is 2. The molecule has 0 spiro atoms. The van der Waals surface area contributed by atoms with Crippen molar-refractivity contribution in [2.75, 3.05) is 11.4 Å². The molecule has 0 saturated carbocycles. The first kappa shape index (κ1) is 19.3. The maximum atomic E-state index is 13.2. The zero-order valence-electron chi connectivity index (χ0n) is 14.6. The van der Waals surface area contributed by atoms with Gasteiger partial charge < -0.3 is 4.90 Å². The van der Waals surface area contributed by atoms with E-state index >= 15 is 0 Å². The van der Waals surface area contributed by atoms with Gasteiger partial charge in [0.15, 0.2) is 0 Å². The standard InChI is InChI=1S/C20H17F3N2OS/c1-13-8-10-25(19(26)15-4-2-3-14(11-15)7-9-24)17-12-16(20(21,22)23)5-6-18(17)27-13/h2-6,11-13H,7-8,10H2,1H3. The molecule has 27 heavy (non-hydrogen) atoms.